The molecule has 1 unspecified atom stereocenters. The van der Waals surface area contributed by atoms with Gasteiger partial charge in [-0.25, -0.2) is 8.42 Å². The number of rotatable bonds is 4. The van der Waals surface area contributed by atoms with Crippen molar-refractivity contribution in [2.45, 2.75) is 24.8 Å². The minimum atomic E-state index is -4.06. The molecule has 0 spiro atoms. The minimum Gasteiger partial charge on any atom is -0.487 e. The Morgan fingerprint density at radius 2 is 2.04 bits per heavy atom. The molecule has 9 nitrogen and oxygen atoms in total. The SMILES string of the molecule is CC(=O)N1CC(C)Oc2ccc(S(=O)(=O)Nc3ccc([N+](=O)[O-])cc3Cl)cc21. The van der Waals surface area contributed by atoms with Crippen molar-refractivity contribution in [3.05, 3.63) is 51.5 Å². The van der Waals surface area contributed by atoms with Crippen LogP contribution in [0.3, 0.4) is 0 Å². The second-order valence-corrected chi connectivity index (χ2v) is 8.30. The van der Waals surface area contributed by atoms with E-state index < -0.39 is 14.9 Å². The number of fused-ring (bicyclic) bond motifs is 1. The van der Waals surface area contributed by atoms with E-state index in [0.29, 0.717) is 18.0 Å². The van der Waals surface area contributed by atoms with Crippen LogP contribution in [0.4, 0.5) is 17.1 Å². The first kappa shape index (κ1) is 19.9. The molecule has 0 saturated carbocycles. The largest absolute Gasteiger partial charge is 0.487 e. The van der Waals surface area contributed by atoms with Crippen molar-refractivity contribution in [1.29, 1.82) is 0 Å². The maximum absolute atomic E-state index is 12.8. The first-order valence-electron chi connectivity index (χ1n) is 8.14. The molecule has 0 aromatic heterocycles. The molecule has 1 amide bonds. The molecular formula is C17H16ClN3O6S. The zero-order valence-electron chi connectivity index (χ0n) is 14.9. The fourth-order valence-corrected chi connectivity index (χ4v) is 4.16. The molecule has 1 aliphatic heterocycles. The lowest BCUT2D eigenvalue weighted by Crippen LogP contribution is -2.41. The number of hydrogen-bond donors (Lipinski definition) is 1. The Kier molecular flexibility index (Phi) is 5.18. The average molecular weight is 426 g/mol. The van der Waals surface area contributed by atoms with Gasteiger partial charge in [0.05, 0.1) is 32.8 Å². The maximum Gasteiger partial charge on any atom is 0.271 e. The molecule has 2 aromatic carbocycles. The molecule has 3 rings (SSSR count). The van der Waals surface area contributed by atoms with Gasteiger partial charge < -0.3 is 9.64 Å². The highest BCUT2D eigenvalue weighted by atomic mass is 35.5. The fourth-order valence-electron chi connectivity index (χ4n) is 2.79. The van der Waals surface area contributed by atoms with Gasteiger partial charge in [-0.3, -0.25) is 19.6 Å². The molecule has 1 aliphatic rings. The van der Waals surface area contributed by atoms with Crippen LogP contribution in [0.25, 0.3) is 0 Å². The normalized spacial score (nSPS) is 16.1. The predicted molar refractivity (Wildman–Crippen MR) is 103 cm³/mol. The van der Waals surface area contributed by atoms with Crippen molar-refractivity contribution in [2.24, 2.45) is 0 Å². The van der Waals surface area contributed by atoms with E-state index in [1.165, 1.54) is 36.1 Å². The number of benzene rings is 2. The summed E-state index contributed by atoms with van der Waals surface area (Å²) in [6.45, 7) is 3.49. The molecule has 28 heavy (non-hydrogen) atoms. The summed E-state index contributed by atoms with van der Waals surface area (Å²) in [6, 6.07) is 7.57. The number of ether oxygens (including phenoxy) is 1. The number of nitrogens with one attached hydrogen (secondary N) is 1. The van der Waals surface area contributed by atoms with Gasteiger partial charge in [0, 0.05) is 19.1 Å². The van der Waals surface area contributed by atoms with Gasteiger partial charge in [-0.2, -0.15) is 0 Å². The third-order valence-corrected chi connectivity index (χ3v) is 5.76. The number of non-ortho nitro benzene ring substituents is 1. The number of anilines is 2. The number of carbonyl (C=O) groups excluding carboxylic acids is 1. The van der Waals surface area contributed by atoms with Gasteiger partial charge in [-0.1, -0.05) is 11.6 Å². The van der Waals surface area contributed by atoms with E-state index in [0.717, 1.165) is 12.1 Å². The standard InChI is InChI=1S/C17H16ClN3O6S/c1-10-9-20(11(2)22)16-8-13(4-6-17(16)27-10)28(25,26)19-15-5-3-12(21(23)24)7-14(15)18/h3-8,10,19H,9H2,1-2H3. The summed E-state index contributed by atoms with van der Waals surface area (Å²) in [7, 11) is -4.06. The van der Waals surface area contributed by atoms with Gasteiger partial charge in [-0.15, -0.1) is 0 Å². The predicted octanol–water partition coefficient (Wildman–Crippen LogP) is 3.18. The average Bonchev–Trinajstić information content (AvgIpc) is 2.61. The Morgan fingerprint density at radius 1 is 1.32 bits per heavy atom. The van der Waals surface area contributed by atoms with Crippen LogP contribution in [0.15, 0.2) is 41.3 Å². The lowest BCUT2D eigenvalue weighted by atomic mass is 10.2. The van der Waals surface area contributed by atoms with Crippen LogP contribution in [0.5, 0.6) is 5.75 Å². The topological polar surface area (TPSA) is 119 Å². The van der Waals surface area contributed by atoms with Crippen LogP contribution < -0.4 is 14.4 Å². The highest BCUT2D eigenvalue weighted by molar-refractivity contribution is 7.92. The van der Waals surface area contributed by atoms with Gasteiger partial charge in [0.25, 0.3) is 15.7 Å². The number of carbonyl (C=O) groups is 1. The maximum atomic E-state index is 12.8. The van der Waals surface area contributed by atoms with E-state index in [1.54, 1.807) is 0 Å². The van der Waals surface area contributed by atoms with Crippen LogP contribution in [0, 0.1) is 10.1 Å². The van der Waals surface area contributed by atoms with Crippen LogP contribution >= 0.6 is 11.6 Å². The van der Waals surface area contributed by atoms with Crippen LogP contribution in [-0.4, -0.2) is 31.9 Å². The Hall–Kier alpha value is -2.85. The summed E-state index contributed by atoms with van der Waals surface area (Å²) in [5, 5.41) is 10.7. The molecule has 0 saturated heterocycles. The Morgan fingerprint density at radius 3 is 2.64 bits per heavy atom. The fraction of sp³-hybridized carbons (Fsp3) is 0.235. The molecule has 1 heterocycles. The lowest BCUT2D eigenvalue weighted by Gasteiger charge is -2.33. The number of sulfonamides is 1. The van der Waals surface area contributed by atoms with Crippen LogP contribution in [0.2, 0.25) is 5.02 Å². The van der Waals surface area contributed by atoms with Gasteiger partial charge in [0.15, 0.2) is 0 Å². The van der Waals surface area contributed by atoms with Crippen molar-refractivity contribution < 1.29 is 22.9 Å². The third kappa shape index (κ3) is 3.87. The molecule has 1 atom stereocenters. The highest BCUT2D eigenvalue weighted by Crippen LogP contribution is 2.36. The number of nitro benzene ring substituents is 1. The van der Waals surface area contributed by atoms with E-state index in [1.807, 2.05) is 6.92 Å². The van der Waals surface area contributed by atoms with Crippen LogP contribution in [0.1, 0.15) is 13.8 Å². The first-order chi connectivity index (χ1) is 13.1. The molecule has 11 heteroatoms. The summed E-state index contributed by atoms with van der Waals surface area (Å²) in [4.78, 5) is 23.4. The summed E-state index contributed by atoms with van der Waals surface area (Å²) in [5.41, 5.74) is 0.0895. The van der Waals surface area contributed by atoms with Gasteiger partial charge in [0.2, 0.25) is 5.91 Å². The summed E-state index contributed by atoms with van der Waals surface area (Å²) in [6.07, 6.45) is -0.226. The zero-order chi connectivity index (χ0) is 20.6. The Bertz CT molecular complexity index is 1070. The molecule has 2 aromatic rings. The number of hydrogen-bond acceptors (Lipinski definition) is 6. The van der Waals surface area contributed by atoms with Crippen molar-refractivity contribution in [3.63, 3.8) is 0 Å². The van der Waals surface area contributed by atoms with E-state index in [-0.39, 0.29) is 33.3 Å². The summed E-state index contributed by atoms with van der Waals surface area (Å²) < 4.78 is 33.5. The summed E-state index contributed by atoms with van der Waals surface area (Å²) in [5.74, 6) is 0.165. The Labute approximate surface area is 166 Å². The molecular weight excluding hydrogens is 410 g/mol. The van der Waals surface area contributed by atoms with E-state index >= 15 is 0 Å². The first-order valence-corrected chi connectivity index (χ1v) is 10.00. The van der Waals surface area contributed by atoms with Crippen molar-refractivity contribution in [3.8, 4) is 5.75 Å². The van der Waals surface area contributed by atoms with E-state index in [4.69, 9.17) is 16.3 Å². The van der Waals surface area contributed by atoms with E-state index in [2.05, 4.69) is 4.72 Å². The molecule has 1 N–H and O–H groups in total. The number of halogens is 1. The molecule has 0 bridgehead atoms. The summed E-state index contributed by atoms with van der Waals surface area (Å²) >= 11 is 5.96. The molecule has 0 fully saturated rings. The van der Waals surface area contributed by atoms with Crippen LogP contribution in [-0.2, 0) is 14.8 Å². The highest BCUT2D eigenvalue weighted by Gasteiger charge is 2.28. The zero-order valence-corrected chi connectivity index (χ0v) is 16.5. The van der Waals surface area contributed by atoms with Gasteiger partial charge in [-0.05, 0) is 31.2 Å². The van der Waals surface area contributed by atoms with E-state index in [9.17, 15) is 23.3 Å². The molecule has 0 aliphatic carbocycles. The van der Waals surface area contributed by atoms with Gasteiger partial charge in [0.1, 0.15) is 11.9 Å². The molecule has 148 valence electrons. The van der Waals surface area contributed by atoms with Crippen molar-refractivity contribution in [2.75, 3.05) is 16.2 Å². The van der Waals surface area contributed by atoms with Crippen molar-refractivity contribution in [1.82, 2.24) is 0 Å². The lowest BCUT2D eigenvalue weighted by molar-refractivity contribution is -0.384. The number of nitro groups is 1. The monoisotopic (exact) mass is 425 g/mol. The third-order valence-electron chi connectivity index (χ3n) is 4.09. The molecule has 0 radical (unpaired) electrons. The smallest absolute Gasteiger partial charge is 0.271 e. The number of nitrogens with zero attached hydrogens (tertiary/aromatic N) is 2. The van der Waals surface area contributed by atoms with Crippen molar-refractivity contribution >= 4 is 44.6 Å². The van der Waals surface area contributed by atoms with Gasteiger partial charge >= 0.3 is 0 Å². The second-order valence-electron chi connectivity index (χ2n) is 6.21. The quantitative estimate of drug-likeness (QED) is 0.593. The second kappa shape index (κ2) is 7.28. The number of amides is 1. The Balaban J connectivity index is 1.96. The minimum absolute atomic E-state index is 0.00159.